The van der Waals surface area contributed by atoms with Gasteiger partial charge in [-0.05, 0) is 76.2 Å². The summed E-state index contributed by atoms with van der Waals surface area (Å²) in [6.45, 7) is 9.20. The maximum absolute atomic E-state index is 6.07. The van der Waals surface area contributed by atoms with Crippen LogP contribution in [0.15, 0.2) is 18.2 Å². The van der Waals surface area contributed by atoms with Gasteiger partial charge in [-0.2, -0.15) is 0 Å². The second kappa shape index (κ2) is 6.08. The molecule has 100 valence electrons. The first kappa shape index (κ1) is 13.9. The number of rotatable bonds is 3. The molecule has 0 aromatic heterocycles. The quantitative estimate of drug-likeness (QED) is 0.787. The molecule has 0 unspecified atom stereocenters. The second-order valence-corrected chi connectivity index (χ2v) is 6.27. The van der Waals surface area contributed by atoms with E-state index in [1.54, 1.807) is 0 Å². The van der Waals surface area contributed by atoms with Gasteiger partial charge in [0.05, 0.1) is 0 Å². The van der Waals surface area contributed by atoms with E-state index in [1.165, 1.54) is 43.5 Å². The Morgan fingerprint density at radius 1 is 1.28 bits per heavy atom. The van der Waals surface area contributed by atoms with Gasteiger partial charge in [-0.25, -0.2) is 0 Å². The lowest BCUT2D eigenvalue weighted by Crippen LogP contribution is -2.38. The summed E-state index contributed by atoms with van der Waals surface area (Å²) >= 11 is 6.07. The van der Waals surface area contributed by atoms with E-state index in [4.69, 9.17) is 11.6 Å². The molecule has 0 radical (unpaired) electrons. The van der Waals surface area contributed by atoms with Crippen molar-refractivity contribution >= 4 is 11.6 Å². The van der Waals surface area contributed by atoms with Crippen molar-refractivity contribution in [3.63, 3.8) is 0 Å². The Morgan fingerprint density at radius 3 is 2.50 bits per heavy atom. The molecule has 2 rings (SSSR count). The van der Waals surface area contributed by atoms with Crippen molar-refractivity contribution in [3.8, 4) is 0 Å². The number of piperidine rings is 1. The Labute approximate surface area is 116 Å². The Bertz CT molecular complexity index is 392. The van der Waals surface area contributed by atoms with E-state index in [2.05, 4.69) is 37.8 Å². The fourth-order valence-corrected chi connectivity index (χ4v) is 2.96. The topological polar surface area (TPSA) is 3.24 Å². The molecule has 1 heterocycles. The lowest BCUT2D eigenvalue weighted by atomic mass is 9.89. The molecule has 2 heteroatoms. The molecule has 1 aliphatic rings. The Kier molecular flexibility index (Phi) is 4.69. The van der Waals surface area contributed by atoms with Gasteiger partial charge in [-0.3, -0.25) is 0 Å². The van der Waals surface area contributed by atoms with Gasteiger partial charge in [0.15, 0.2) is 0 Å². The van der Waals surface area contributed by atoms with E-state index in [9.17, 15) is 0 Å². The normalized spacial score (nSPS) is 18.5. The number of halogens is 1. The molecule has 1 saturated heterocycles. The average molecular weight is 266 g/mol. The van der Waals surface area contributed by atoms with Crippen molar-refractivity contribution in [2.75, 3.05) is 13.1 Å². The summed E-state index contributed by atoms with van der Waals surface area (Å²) in [6.07, 6.45) is 3.88. The molecule has 1 fully saturated rings. The van der Waals surface area contributed by atoms with Gasteiger partial charge in [0.1, 0.15) is 0 Å². The summed E-state index contributed by atoms with van der Waals surface area (Å²) in [5.74, 6) is 0.848. The summed E-state index contributed by atoms with van der Waals surface area (Å²) in [7, 11) is 0. The maximum atomic E-state index is 6.07. The van der Waals surface area contributed by atoms with Gasteiger partial charge in [0, 0.05) is 11.1 Å². The largest absolute Gasteiger partial charge is 0.301 e. The van der Waals surface area contributed by atoms with Crippen LogP contribution in [0, 0.1) is 12.8 Å². The van der Waals surface area contributed by atoms with Crippen LogP contribution in [0.1, 0.15) is 37.8 Å². The molecular formula is C16H24ClN. The van der Waals surface area contributed by atoms with Crippen LogP contribution in [0.4, 0.5) is 0 Å². The van der Waals surface area contributed by atoms with E-state index in [0.717, 1.165) is 10.9 Å². The van der Waals surface area contributed by atoms with Crippen LogP contribution in [0.2, 0.25) is 5.02 Å². The van der Waals surface area contributed by atoms with Crippen LogP contribution in [0.25, 0.3) is 0 Å². The minimum Gasteiger partial charge on any atom is -0.301 e. The standard InChI is InChI=1S/C16H24ClN/c1-12(2)18-8-6-14(7-9-18)11-15-4-5-16(17)13(3)10-15/h4-5,10,12,14H,6-9,11H2,1-3H3. The van der Waals surface area contributed by atoms with E-state index in [1.807, 2.05) is 6.07 Å². The van der Waals surface area contributed by atoms with Crippen LogP contribution in [0.3, 0.4) is 0 Å². The van der Waals surface area contributed by atoms with Crippen LogP contribution in [0.5, 0.6) is 0 Å². The van der Waals surface area contributed by atoms with Crippen LogP contribution < -0.4 is 0 Å². The molecule has 1 nitrogen and oxygen atoms in total. The molecule has 0 bridgehead atoms. The van der Waals surface area contributed by atoms with Crippen LogP contribution in [-0.2, 0) is 6.42 Å². The lowest BCUT2D eigenvalue weighted by molar-refractivity contribution is 0.149. The molecule has 1 aromatic rings. The first-order valence-corrected chi connectivity index (χ1v) is 7.43. The minimum absolute atomic E-state index is 0.698. The Balaban J connectivity index is 1.89. The second-order valence-electron chi connectivity index (χ2n) is 5.86. The fourth-order valence-electron chi connectivity index (χ4n) is 2.84. The third-order valence-electron chi connectivity index (χ3n) is 4.13. The van der Waals surface area contributed by atoms with Crippen LogP contribution in [-0.4, -0.2) is 24.0 Å². The summed E-state index contributed by atoms with van der Waals surface area (Å²) in [4.78, 5) is 2.59. The van der Waals surface area contributed by atoms with Gasteiger partial charge in [-0.15, -0.1) is 0 Å². The molecule has 0 N–H and O–H groups in total. The predicted octanol–water partition coefficient (Wildman–Crippen LogP) is 4.31. The summed E-state index contributed by atoms with van der Waals surface area (Å²) in [6, 6.07) is 7.17. The number of likely N-dealkylation sites (tertiary alicyclic amines) is 1. The van der Waals surface area contributed by atoms with Crippen molar-refractivity contribution < 1.29 is 0 Å². The molecule has 0 saturated carbocycles. The minimum atomic E-state index is 0.698. The third kappa shape index (κ3) is 3.49. The molecule has 18 heavy (non-hydrogen) atoms. The van der Waals surface area contributed by atoms with Crippen LogP contribution >= 0.6 is 11.6 Å². The molecule has 0 spiro atoms. The van der Waals surface area contributed by atoms with Gasteiger partial charge in [-0.1, -0.05) is 23.7 Å². The Morgan fingerprint density at radius 2 is 1.94 bits per heavy atom. The van der Waals surface area contributed by atoms with Crippen molar-refractivity contribution in [1.29, 1.82) is 0 Å². The molecule has 0 atom stereocenters. The smallest absolute Gasteiger partial charge is 0.0435 e. The Hall–Kier alpha value is -0.530. The number of hydrogen-bond donors (Lipinski definition) is 0. The zero-order valence-electron chi connectivity index (χ0n) is 11.7. The lowest BCUT2D eigenvalue weighted by Gasteiger charge is -2.34. The first-order valence-electron chi connectivity index (χ1n) is 7.05. The van der Waals surface area contributed by atoms with Crippen molar-refractivity contribution in [2.24, 2.45) is 5.92 Å². The highest BCUT2D eigenvalue weighted by atomic mass is 35.5. The summed E-state index contributed by atoms with van der Waals surface area (Å²) < 4.78 is 0. The van der Waals surface area contributed by atoms with Gasteiger partial charge < -0.3 is 4.90 Å². The number of hydrogen-bond acceptors (Lipinski definition) is 1. The molecule has 1 aromatic carbocycles. The zero-order valence-corrected chi connectivity index (χ0v) is 12.5. The SMILES string of the molecule is Cc1cc(CC2CCN(C(C)C)CC2)ccc1Cl. The highest BCUT2D eigenvalue weighted by molar-refractivity contribution is 6.31. The van der Waals surface area contributed by atoms with Gasteiger partial charge in [0.2, 0.25) is 0 Å². The fraction of sp³-hybridized carbons (Fsp3) is 0.625. The number of nitrogens with zero attached hydrogens (tertiary/aromatic N) is 1. The summed E-state index contributed by atoms with van der Waals surface area (Å²) in [5, 5.41) is 0.883. The zero-order chi connectivity index (χ0) is 13.1. The average Bonchev–Trinajstić information content (AvgIpc) is 2.34. The van der Waals surface area contributed by atoms with Gasteiger partial charge >= 0.3 is 0 Å². The molecule has 0 amide bonds. The molecule has 1 aliphatic heterocycles. The number of benzene rings is 1. The predicted molar refractivity (Wildman–Crippen MR) is 79.3 cm³/mol. The number of aryl methyl sites for hydroxylation is 1. The van der Waals surface area contributed by atoms with E-state index < -0.39 is 0 Å². The molecular weight excluding hydrogens is 242 g/mol. The van der Waals surface area contributed by atoms with E-state index >= 15 is 0 Å². The maximum Gasteiger partial charge on any atom is 0.0435 e. The monoisotopic (exact) mass is 265 g/mol. The van der Waals surface area contributed by atoms with Crippen molar-refractivity contribution in [2.45, 2.75) is 46.1 Å². The van der Waals surface area contributed by atoms with E-state index in [-0.39, 0.29) is 0 Å². The van der Waals surface area contributed by atoms with Crippen molar-refractivity contribution in [3.05, 3.63) is 34.3 Å². The summed E-state index contributed by atoms with van der Waals surface area (Å²) in [5.41, 5.74) is 2.65. The first-order chi connectivity index (χ1) is 8.56. The van der Waals surface area contributed by atoms with Gasteiger partial charge in [0.25, 0.3) is 0 Å². The third-order valence-corrected chi connectivity index (χ3v) is 4.55. The van der Waals surface area contributed by atoms with Crippen molar-refractivity contribution in [1.82, 2.24) is 4.90 Å². The molecule has 0 aliphatic carbocycles. The van der Waals surface area contributed by atoms with E-state index in [0.29, 0.717) is 6.04 Å². The highest BCUT2D eigenvalue weighted by Gasteiger charge is 2.20. The highest BCUT2D eigenvalue weighted by Crippen LogP contribution is 2.24.